The van der Waals surface area contributed by atoms with Gasteiger partial charge in [0.25, 0.3) is 0 Å². The lowest BCUT2D eigenvalue weighted by atomic mass is 9.78. The monoisotopic (exact) mass is 517 g/mol. The molecule has 2 heterocycles. The van der Waals surface area contributed by atoms with Crippen LogP contribution in [0.1, 0.15) is 58.5 Å². The molecule has 1 aromatic heterocycles. The minimum absolute atomic E-state index is 0.186. The summed E-state index contributed by atoms with van der Waals surface area (Å²) in [6.45, 7) is 14.1. The molecule has 1 aliphatic rings. The van der Waals surface area contributed by atoms with Crippen LogP contribution in [0.2, 0.25) is 0 Å². The summed E-state index contributed by atoms with van der Waals surface area (Å²) in [5, 5.41) is 16.4. The van der Waals surface area contributed by atoms with E-state index in [-0.39, 0.29) is 10.8 Å². The number of anilines is 2. The number of rotatable bonds is 7. The van der Waals surface area contributed by atoms with Gasteiger partial charge in [-0.1, -0.05) is 58.3 Å². The standard InChI is InChI=1S/C30H39N5OS/c1-29(2,3)24-15-20(16-25(28(24)36)30(4,5)6)26-18-33-27(34-26)19-35(7)22-12-10-21(11-13-22)32-17-23-9-8-14-37(23)31/h8-16,18,31-32,36H,17,19H2,1-7H3,(H,33,34). The van der Waals surface area contributed by atoms with Crippen molar-refractivity contribution in [2.24, 2.45) is 0 Å². The fraction of sp³-hybridized carbons (Fsp3) is 0.367. The van der Waals surface area contributed by atoms with Crippen LogP contribution in [0.5, 0.6) is 5.75 Å². The number of phenols is 1. The summed E-state index contributed by atoms with van der Waals surface area (Å²) in [5.74, 6) is 1.26. The van der Waals surface area contributed by atoms with Crippen LogP contribution in [0.3, 0.4) is 0 Å². The fourth-order valence-electron chi connectivity index (χ4n) is 4.38. The van der Waals surface area contributed by atoms with E-state index in [1.165, 1.54) is 0 Å². The summed E-state index contributed by atoms with van der Waals surface area (Å²) in [4.78, 5) is 11.5. The maximum Gasteiger partial charge on any atom is 0.126 e. The number of aromatic nitrogens is 2. The second kappa shape index (κ2) is 10.2. The third-order valence-corrected chi connectivity index (χ3v) is 7.87. The highest BCUT2D eigenvalue weighted by atomic mass is 32.2. The van der Waals surface area contributed by atoms with Crippen LogP contribution in [0, 0.1) is 4.78 Å². The minimum atomic E-state index is -0.507. The minimum Gasteiger partial charge on any atom is -0.507 e. The SMILES string of the molecule is CN(Cc1nc(-c2cc(C(C)(C)C)c(O)c(C(C)(C)C)c2)c[nH]1)c1ccc(NCC2=CC=CS2=N)cc1. The van der Waals surface area contributed by atoms with Gasteiger partial charge in [0.15, 0.2) is 0 Å². The topological polar surface area (TPSA) is 88.0 Å². The molecule has 4 N–H and O–H groups in total. The third kappa shape index (κ3) is 6.16. The summed E-state index contributed by atoms with van der Waals surface area (Å²) in [5.41, 5.74) is 5.52. The van der Waals surface area contributed by atoms with Gasteiger partial charge in [-0.25, -0.2) is 4.98 Å². The van der Waals surface area contributed by atoms with Gasteiger partial charge >= 0.3 is 0 Å². The van der Waals surface area contributed by atoms with Gasteiger partial charge in [0.1, 0.15) is 11.6 Å². The fourth-order valence-corrected chi connectivity index (χ4v) is 5.24. The van der Waals surface area contributed by atoms with Crippen molar-refractivity contribution >= 4 is 22.1 Å². The van der Waals surface area contributed by atoms with Crippen LogP contribution in [-0.4, -0.2) is 28.7 Å². The first-order valence-electron chi connectivity index (χ1n) is 12.6. The number of H-pyrrole nitrogens is 1. The van der Waals surface area contributed by atoms with E-state index >= 15 is 0 Å². The molecule has 0 saturated carbocycles. The molecule has 1 unspecified atom stereocenters. The highest BCUT2D eigenvalue weighted by molar-refractivity contribution is 7.93. The lowest BCUT2D eigenvalue weighted by molar-refractivity contribution is 0.423. The van der Waals surface area contributed by atoms with E-state index in [1.807, 2.05) is 23.8 Å². The highest BCUT2D eigenvalue weighted by Gasteiger charge is 2.27. The van der Waals surface area contributed by atoms with Crippen molar-refractivity contribution in [2.45, 2.75) is 58.9 Å². The van der Waals surface area contributed by atoms with E-state index in [0.29, 0.717) is 18.8 Å². The van der Waals surface area contributed by atoms with Gasteiger partial charge in [0.05, 0.1) is 12.2 Å². The van der Waals surface area contributed by atoms with Crippen molar-refractivity contribution in [2.75, 3.05) is 23.8 Å². The van der Waals surface area contributed by atoms with Crippen LogP contribution in [0.15, 0.2) is 65.1 Å². The molecule has 1 aliphatic heterocycles. The van der Waals surface area contributed by atoms with Crippen molar-refractivity contribution in [1.29, 1.82) is 4.78 Å². The zero-order chi connectivity index (χ0) is 27.0. The molecule has 37 heavy (non-hydrogen) atoms. The Morgan fingerprint density at radius 3 is 2.19 bits per heavy atom. The number of aromatic amines is 1. The second-order valence-electron chi connectivity index (χ2n) is 11.7. The lowest BCUT2D eigenvalue weighted by Gasteiger charge is -2.28. The molecule has 1 atom stereocenters. The predicted octanol–water partition coefficient (Wildman–Crippen LogP) is 7.22. The molecule has 0 bridgehead atoms. The van der Waals surface area contributed by atoms with E-state index in [1.54, 1.807) is 0 Å². The first kappa shape index (κ1) is 26.7. The Bertz CT molecular complexity index is 1320. The molecule has 0 amide bonds. The molecule has 6 nitrogen and oxygen atoms in total. The number of imidazole rings is 1. The number of hydrogen-bond acceptors (Lipinski definition) is 5. The molecule has 7 heteroatoms. The summed E-state index contributed by atoms with van der Waals surface area (Å²) >= 11 is 0. The predicted molar refractivity (Wildman–Crippen MR) is 157 cm³/mol. The van der Waals surface area contributed by atoms with E-state index < -0.39 is 10.7 Å². The van der Waals surface area contributed by atoms with Gasteiger partial charge in [0, 0.05) is 52.8 Å². The average molecular weight is 518 g/mol. The Kier molecular flexibility index (Phi) is 7.38. The first-order chi connectivity index (χ1) is 17.3. The number of hydrogen-bond donors (Lipinski definition) is 4. The average Bonchev–Trinajstić information content (AvgIpc) is 3.45. The normalized spacial score (nSPS) is 15.6. The molecule has 2 aromatic carbocycles. The summed E-state index contributed by atoms with van der Waals surface area (Å²) < 4.78 is 8.00. The van der Waals surface area contributed by atoms with Crippen LogP contribution >= 0.6 is 0 Å². The molecular formula is C30H39N5OS. The molecule has 0 aliphatic carbocycles. The number of nitrogens with zero attached hydrogens (tertiary/aromatic N) is 2. The maximum atomic E-state index is 11.0. The Hall–Kier alpha value is -3.32. The quantitative estimate of drug-likeness (QED) is 0.266. The smallest absolute Gasteiger partial charge is 0.126 e. The summed E-state index contributed by atoms with van der Waals surface area (Å²) in [6, 6.07) is 12.5. The molecule has 3 aromatic rings. The van der Waals surface area contributed by atoms with Gasteiger partial charge < -0.3 is 20.3 Å². The second-order valence-corrected chi connectivity index (χ2v) is 13.2. The molecular weight excluding hydrogens is 478 g/mol. The zero-order valence-corrected chi connectivity index (χ0v) is 23.8. The third-order valence-electron chi connectivity index (χ3n) is 6.59. The van der Waals surface area contributed by atoms with E-state index in [9.17, 15) is 5.11 Å². The lowest BCUT2D eigenvalue weighted by Crippen LogP contribution is -2.17. The Balaban J connectivity index is 1.48. The molecule has 0 fully saturated rings. The van der Waals surface area contributed by atoms with Gasteiger partial charge in [-0.2, -0.15) is 0 Å². The first-order valence-corrected chi connectivity index (χ1v) is 13.9. The molecule has 0 spiro atoms. The van der Waals surface area contributed by atoms with Crippen LogP contribution in [0.25, 0.3) is 11.3 Å². The largest absolute Gasteiger partial charge is 0.507 e. The Morgan fingerprint density at radius 2 is 1.65 bits per heavy atom. The van der Waals surface area contributed by atoms with Crippen molar-refractivity contribution < 1.29 is 5.11 Å². The van der Waals surface area contributed by atoms with Gasteiger partial charge in [-0.05, 0) is 58.7 Å². The number of nitrogens with one attached hydrogen (secondary N) is 3. The zero-order valence-electron chi connectivity index (χ0n) is 22.9. The summed E-state index contributed by atoms with van der Waals surface area (Å²) in [6.07, 6.45) is 5.93. The molecule has 196 valence electrons. The van der Waals surface area contributed by atoms with Crippen LogP contribution in [-0.2, 0) is 28.1 Å². The van der Waals surface area contributed by atoms with Gasteiger partial charge in [-0.15, -0.1) is 0 Å². The number of benzene rings is 2. The molecule has 0 radical (unpaired) electrons. The van der Waals surface area contributed by atoms with Crippen molar-refractivity contribution in [3.05, 3.63) is 82.0 Å². The number of aromatic hydroxyl groups is 1. The van der Waals surface area contributed by atoms with E-state index in [4.69, 9.17) is 9.76 Å². The number of allylic oxidation sites excluding steroid dienone is 2. The Morgan fingerprint density at radius 1 is 1.03 bits per heavy atom. The molecule has 0 saturated heterocycles. The highest BCUT2D eigenvalue weighted by Crippen LogP contribution is 2.41. The van der Waals surface area contributed by atoms with Crippen molar-refractivity contribution in [3.8, 4) is 17.0 Å². The van der Waals surface area contributed by atoms with Crippen molar-refractivity contribution in [1.82, 2.24) is 9.97 Å². The van der Waals surface area contributed by atoms with Gasteiger partial charge in [0.2, 0.25) is 0 Å². The number of phenolic OH excluding ortho intramolecular Hbond substituents is 1. The van der Waals surface area contributed by atoms with E-state index in [2.05, 4.69) is 100 Å². The Labute approximate surface area is 223 Å². The summed E-state index contributed by atoms with van der Waals surface area (Å²) in [7, 11) is 1.55. The van der Waals surface area contributed by atoms with Gasteiger partial charge in [-0.3, -0.25) is 4.78 Å². The van der Waals surface area contributed by atoms with Crippen molar-refractivity contribution in [3.63, 3.8) is 0 Å². The van der Waals surface area contributed by atoms with Crippen LogP contribution < -0.4 is 10.2 Å². The molecule has 4 rings (SSSR count). The maximum absolute atomic E-state index is 11.0. The van der Waals surface area contributed by atoms with Crippen LogP contribution in [0.4, 0.5) is 11.4 Å². The van der Waals surface area contributed by atoms with E-state index in [0.717, 1.165) is 44.5 Å².